The molecule has 1 aliphatic carbocycles. The van der Waals surface area contributed by atoms with Crippen LogP contribution in [0.3, 0.4) is 0 Å². The maximum absolute atomic E-state index is 5.19. The second kappa shape index (κ2) is 6.70. The minimum atomic E-state index is 0.639. The third-order valence-electron chi connectivity index (χ3n) is 4.64. The Labute approximate surface area is 122 Å². The van der Waals surface area contributed by atoms with Crippen molar-refractivity contribution in [3.05, 3.63) is 35.4 Å². The molecule has 1 saturated heterocycles. The van der Waals surface area contributed by atoms with Crippen LogP contribution in [0.1, 0.15) is 24.0 Å². The van der Waals surface area contributed by atoms with Crippen molar-refractivity contribution < 1.29 is 4.74 Å². The number of hydrogen-bond donors (Lipinski definition) is 1. The molecule has 2 aliphatic rings. The highest BCUT2D eigenvalue weighted by Crippen LogP contribution is 2.23. The Hall–Kier alpha value is -0.900. The van der Waals surface area contributed by atoms with Crippen molar-refractivity contribution >= 4 is 0 Å². The van der Waals surface area contributed by atoms with Gasteiger partial charge in [0.05, 0.1) is 6.61 Å². The van der Waals surface area contributed by atoms with Crippen LogP contribution in [0.5, 0.6) is 0 Å². The van der Waals surface area contributed by atoms with Gasteiger partial charge in [0, 0.05) is 32.3 Å². The molecule has 110 valence electrons. The lowest BCUT2D eigenvalue weighted by Crippen LogP contribution is -2.50. The number of nitrogens with one attached hydrogen (secondary N) is 1. The van der Waals surface area contributed by atoms with Gasteiger partial charge in [-0.05, 0) is 43.4 Å². The van der Waals surface area contributed by atoms with Gasteiger partial charge in [-0.1, -0.05) is 24.3 Å². The fourth-order valence-corrected chi connectivity index (χ4v) is 3.63. The molecule has 0 amide bonds. The van der Waals surface area contributed by atoms with Crippen molar-refractivity contribution in [3.63, 3.8) is 0 Å². The molecule has 1 heterocycles. The van der Waals surface area contributed by atoms with E-state index in [0.717, 1.165) is 13.2 Å². The number of piperidine rings is 1. The average Bonchev–Trinajstić information content (AvgIpc) is 2.87. The lowest BCUT2D eigenvalue weighted by Gasteiger charge is -2.34. The zero-order valence-electron chi connectivity index (χ0n) is 12.5. The molecule has 0 saturated carbocycles. The van der Waals surface area contributed by atoms with Crippen LogP contribution < -0.4 is 5.32 Å². The molecule has 1 N–H and O–H groups in total. The van der Waals surface area contributed by atoms with Gasteiger partial charge in [-0.2, -0.15) is 0 Å². The number of benzene rings is 1. The summed E-state index contributed by atoms with van der Waals surface area (Å²) < 4.78 is 5.19. The number of rotatable bonds is 5. The molecule has 0 bridgehead atoms. The van der Waals surface area contributed by atoms with Crippen molar-refractivity contribution in [1.82, 2.24) is 10.2 Å². The Kier molecular flexibility index (Phi) is 4.71. The van der Waals surface area contributed by atoms with Crippen molar-refractivity contribution in [2.75, 3.05) is 33.4 Å². The Bertz CT molecular complexity index is 410. The monoisotopic (exact) mass is 274 g/mol. The SMILES string of the molecule is COCCN1CCCC(NC2Cc3ccccc3C2)C1. The van der Waals surface area contributed by atoms with E-state index in [9.17, 15) is 0 Å². The molecular weight excluding hydrogens is 248 g/mol. The fraction of sp³-hybridized carbons (Fsp3) is 0.647. The summed E-state index contributed by atoms with van der Waals surface area (Å²) >= 11 is 0. The first-order chi connectivity index (χ1) is 9.85. The predicted molar refractivity (Wildman–Crippen MR) is 82.1 cm³/mol. The zero-order chi connectivity index (χ0) is 13.8. The molecular formula is C17H26N2O. The first-order valence-electron chi connectivity index (χ1n) is 7.89. The Morgan fingerprint density at radius 1 is 1.20 bits per heavy atom. The second-order valence-electron chi connectivity index (χ2n) is 6.17. The topological polar surface area (TPSA) is 24.5 Å². The fourth-order valence-electron chi connectivity index (χ4n) is 3.63. The van der Waals surface area contributed by atoms with Gasteiger partial charge in [0.1, 0.15) is 0 Å². The summed E-state index contributed by atoms with van der Waals surface area (Å²) in [7, 11) is 1.79. The van der Waals surface area contributed by atoms with Gasteiger partial charge in [-0.3, -0.25) is 4.90 Å². The molecule has 1 atom stereocenters. The normalized spacial score (nSPS) is 23.9. The number of nitrogens with zero attached hydrogens (tertiary/aromatic N) is 1. The molecule has 20 heavy (non-hydrogen) atoms. The molecule has 3 heteroatoms. The number of fused-ring (bicyclic) bond motifs is 1. The van der Waals surface area contributed by atoms with Gasteiger partial charge in [-0.25, -0.2) is 0 Å². The standard InChI is InChI=1S/C17H26N2O/c1-20-10-9-19-8-4-7-16(13-19)18-17-11-14-5-2-3-6-15(14)12-17/h2-3,5-6,16-18H,4,7-13H2,1H3. The van der Waals surface area contributed by atoms with Crippen LogP contribution in [-0.4, -0.2) is 50.3 Å². The molecule has 0 aromatic heterocycles. The minimum Gasteiger partial charge on any atom is -0.383 e. The summed E-state index contributed by atoms with van der Waals surface area (Å²) in [5.74, 6) is 0. The number of ether oxygens (including phenoxy) is 1. The summed E-state index contributed by atoms with van der Waals surface area (Å²) in [6, 6.07) is 10.2. The Morgan fingerprint density at radius 3 is 2.65 bits per heavy atom. The molecule has 3 nitrogen and oxygen atoms in total. The van der Waals surface area contributed by atoms with E-state index < -0.39 is 0 Å². The van der Waals surface area contributed by atoms with Gasteiger partial charge in [0.25, 0.3) is 0 Å². The maximum Gasteiger partial charge on any atom is 0.0589 e. The maximum atomic E-state index is 5.19. The quantitative estimate of drug-likeness (QED) is 0.887. The van der Waals surface area contributed by atoms with Gasteiger partial charge in [-0.15, -0.1) is 0 Å². The highest BCUT2D eigenvalue weighted by atomic mass is 16.5. The highest BCUT2D eigenvalue weighted by Gasteiger charge is 2.26. The van der Waals surface area contributed by atoms with Crippen LogP contribution in [0.15, 0.2) is 24.3 Å². The third-order valence-corrected chi connectivity index (χ3v) is 4.64. The summed E-state index contributed by atoms with van der Waals surface area (Å²) in [5, 5.41) is 3.89. The van der Waals surface area contributed by atoms with E-state index in [0.29, 0.717) is 12.1 Å². The van der Waals surface area contributed by atoms with Crippen LogP contribution in [0.4, 0.5) is 0 Å². The molecule has 1 aromatic carbocycles. The van der Waals surface area contributed by atoms with Gasteiger partial charge >= 0.3 is 0 Å². The summed E-state index contributed by atoms with van der Waals surface area (Å²) in [6.45, 7) is 4.32. The van der Waals surface area contributed by atoms with Gasteiger partial charge < -0.3 is 10.1 Å². The third kappa shape index (κ3) is 3.40. The van der Waals surface area contributed by atoms with E-state index in [2.05, 4.69) is 34.5 Å². The smallest absolute Gasteiger partial charge is 0.0589 e. The predicted octanol–water partition coefficient (Wildman–Crippen LogP) is 1.85. The van der Waals surface area contributed by atoms with E-state index in [1.807, 2.05) is 0 Å². The Morgan fingerprint density at radius 2 is 1.95 bits per heavy atom. The lowest BCUT2D eigenvalue weighted by atomic mass is 10.0. The Balaban J connectivity index is 1.49. The minimum absolute atomic E-state index is 0.639. The van der Waals surface area contributed by atoms with Gasteiger partial charge in [0.15, 0.2) is 0 Å². The van der Waals surface area contributed by atoms with Crippen LogP contribution in [0.2, 0.25) is 0 Å². The molecule has 3 rings (SSSR count). The van der Waals surface area contributed by atoms with Crippen molar-refractivity contribution in [1.29, 1.82) is 0 Å². The van der Waals surface area contributed by atoms with E-state index >= 15 is 0 Å². The van der Waals surface area contributed by atoms with Crippen molar-refractivity contribution in [2.45, 2.75) is 37.8 Å². The van der Waals surface area contributed by atoms with E-state index in [4.69, 9.17) is 4.74 Å². The van der Waals surface area contributed by atoms with Crippen molar-refractivity contribution in [3.8, 4) is 0 Å². The first-order valence-corrected chi connectivity index (χ1v) is 7.89. The summed E-state index contributed by atoms with van der Waals surface area (Å²) in [5.41, 5.74) is 3.08. The average molecular weight is 274 g/mol. The van der Waals surface area contributed by atoms with Crippen LogP contribution in [-0.2, 0) is 17.6 Å². The zero-order valence-corrected chi connectivity index (χ0v) is 12.5. The highest BCUT2D eigenvalue weighted by molar-refractivity contribution is 5.33. The summed E-state index contributed by atoms with van der Waals surface area (Å²) in [6.07, 6.45) is 5.02. The molecule has 1 fully saturated rings. The van der Waals surface area contributed by atoms with Crippen LogP contribution in [0, 0.1) is 0 Å². The molecule has 0 spiro atoms. The van der Waals surface area contributed by atoms with Crippen molar-refractivity contribution in [2.24, 2.45) is 0 Å². The largest absolute Gasteiger partial charge is 0.383 e. The van der Waals surface area contributed by atoms with E-state index in [-0.39, 0.29) is 0 Å². The number of likely N-dealkylation sites (tertiary alicyclic amines) is 1. The lowest BCUT2D eigenvalue weighted by molar-refractivity contribution is 0.120. The molecule has 1 aliphatic heterocycles. The van der Waals surface area contributed by atoms with E-state index in [1.54, 1.807) is 7.11 Å². The molecule has 0 radical (unpaired) electrons. The second-order valence-corrected chi connectivity index (χ2v) is 6.17. The van der Waals surface area contributed by atoms with E-state index in [1.165, 1.54) is 49.9 Å². The molecule has 1 aromatic rings. The number of hydrogen-bond acceptors (Lipinski definition) is 3. The van der Waals surface area contributed by atoms with Crippen LogP contribution in [0.25, 0.3) is 0 Å². The van der Waals surface area contributed by atoms with Gasteiger partial charge in [0.2, 0.25) is 0 Å². The number of methoxy groups -OCH3 is 1. The first kappa shape index (κ1) is 14.1. The molecule has 1 unspecified atom stereocenters. The van der Waals surface area contributed by atoms with Crippen LogP contribution >= 0.6 is 0 Å². The summed E-state index contributed by atoms with van der Waals surface area (Å²) in [4.78, 5) is 2.53.